The molecule has 4 nitrogen and oxygen atoms in total. The van der Waals surface area contributed by atoms with Gasteiger partial charge in [0.15, 0.2) is 0 Å². The SMILES string of the molecule is CCOc1ccc(C)cc1C(C)NC(=O)c1ccnc(C)c1. The fourth-order valence-corrected chi connectivity index (χ4v) is 2.34. The third-order valence-electron chi connectivity index (χ3n) is 3.44. The minimum Gasteiger partial charge on any atom is -0.494 e. The molecular formula is C18H22N2O2. The van der Waals surface area contributed by atoms with Gasteiger partial charge in [-0.3, -0.25) is 9.78 Å². The predicted molar refractivity (Wildman–Crippen MR) is 87.2 cm³/mol. The lowest BCUT2D eigenvalue weighted by Crippen LogP contribution is -2.27. The topological polar surface area (TPSA) is 51.2 Å². The van der Waals surface area contributed by atoms with E-state index in [0.717, 1.165) is 22.6 Å². The van der Waals surface area contributed by atoms with Crippen molar-refractivity contribution in [3.8, 4) is 5.75 Å². The number of carbonyl (C=O) groups is 1. The lowest BCUT2D eigenvalue weighted by atomic mass is 10.0. The molecule has 0 fully saturated rings. The molecule has 0 saturated carbocycles. The Morgan fingerprint density at radius 1 is 1.27 bits per heavy atom. The van der Waals surface area contributed by atoms with Gasteiger partial charge in [0.25, 0.3) is 5.91 Å². The summed E-state index contributed by atoms with van der Waals surface area (Å²) in [4.78, 5) is 16.5. The normalized spacial score (nSPS) is 11.8. The van der Waals surface area contributed by atoms with Gasteiger partial charge in [0.1, 0.15) is 5.75 Å². The van der Waals surface area contributed by atoms with Crippen molar-refractivity contribution in [2.45, 2.75) is 33.7 Å². The maximum atomic E-state index is 12.4. The highest BCUT2D eigenvalue weighted by Crippen LogP contribution is 2.26. The number of hydrogen-bond donors (Lipinski definition) is 1. The van der Waals surface area contributed by atoms with Crippen molar-refractivity contribution >= 4 is 5.91 Å². The van der Waals surface area contributed by atoms with Gasteiger partial charge in [-0.25, -0.2) is 0 Å². The molecule has 0 spiro atoms. The summed E-state index contributed by atoms with van der Waals surface area (Å²) in [5, 5.41) is 3.02. The molecule has 1 N–H and O–H groups in total. The van der Waals surface area contributed by atoms with Gasteiger partial charge in [0, 0.05) is 23.0 Å². The number of aryl methyl sites for hydroxylation is 2. The van der Waals surface area contributed by atoms with Crippen LogP contribution in [0.15, 0.2) is 36.5 Å². The number of carbonyl (C=O) groups excluding carboxylic acids is 1. The second-order valence-electron chi connectivity index (χ2n) is 5.36. The maximum Gasteiger partial charge on any atom is 0.251 e. The number of amides is 1. The summed E-state index contributed by atoms with van der Waals surface area (Å²) in [6.45, 7) is 8.41. The Kier molecular flexibility index (Phi) is 5.15. The van der Waals surface area contributed by atoms with E-state index < -0.39 is 0 Å². The van der Waals surface area contributed by atoms with Crippen LogP contribution in [-0.2, 0) is 0 Å². The molecule has 1 unspecified atom stereocenters. The highest BCUT2D eigenvalue weighted by atomic mass is 16.5. The Labute approximate surface area is 131 Å². The van der Waals surface area contributed by atoms with Crippen LogP contribution in [0, 0.1) is 13.8 Å². The minimum atomic E-state index is -0.137. The van der Waals surface area contributed by atoms with Crippen LogP contribution in [0.3, 0.4) is 0 Å². The zero-order valence-corrected chi connectivity index (χ0v) is 13.5. The average Bonchev–Trinajstić information content (AvgIpc) is 2.49. The zero-order valence-electron chi connectivity index (χ0n) is 13.5. The summed E-state index contributed by atoms with van der Waals surface area (Å²) in [6, 6.07) is 9.37. The molecule has 1 aromatic carbocycles. The summed E-state index contributed by atoms with van der Waals surface area (Å²) >= 11 is 0. The van der Waals surface area contributed by atoms with Crippen LogP contribution in [0.2, 0.25) is 0 Å². The molecule has 0 aliphatic carbocycles. The number of rotatable bonds is 5. The predicted octanol–water partition coefficient (Wildman–Crippen LogP) is 3.59. The Hall–Kier alpha value is -2.36. The summed E-state index contributed by atoms with van der Waals surface area (Å²) in [7, 11) is 0. The molecule has 0 saturated heterocycles. The van der Waals surface area contributed by atoms with Crippen LogP contribution in [0.25, 0.3) is 0 Å². The van der Waals surface area contributed by atoms with E-state index in [2.05, 4.69) is 10.3 Å². The monoisotopic (exact) mass is 298 g/mol. The fraction of sp³-hybridized carbons (Fsp3) is 0.333. The van der Waals surface area contributed by atoms with Crippen molar-refractivity contribution in [3.05, 3.63) is 58.9 Å². The largest absolute Gasteiger partial charge is 0.494 e. The Bertz CT molecular complexity index is 668. The van der Waals surface area contributed by atoms with E-state index in [-0.39, 0.29) is 11.9 Å². The second-order valence-corrected chi connectivity index (χ2v) is 5.36. The third kappa shape index (κ3) is 3.85. The number of hydrogen-bond acceptors (Lipinski definition) is 3. The lowest BCUT2D eigenvalue weighted by molar-refractivity contribution is 0.0939. The molecule has 0 aliphatic rings. The van der Waals surface area contributed by atoms with Crippen molar-refractivity contribution in [1.29, 1.82) is 0 Å². The van der Waals surface area contributed by atoms with E-state index in [1.807, 2.05) is 45.9 Å². The van der Waals surface area contributed by atoms with Gasteiger partial charge in [-0.05, 0) is 45.9 Å². The number of nitrogens with one attached hydrogen (secondary N) is 1. The van der Waals surface area contributed by atoms with Gasteiger partial charge in [-0.1, -0.05) is 17.7 Å². The average molecular weight is 298 g/mol. The zero-order chi connectivity index (χ0) is 16.1. The highest BCUT2D eigenvalue weighted by Gasteiger charge is 2.15. The van der Waals surface area contributed by atoms with Gasteiger partial charge in [0.05, 0.1) is 12.6 Å². The van der Waals surface area contributed by atoms with E-state index in [9.17, 15) is 4.79 Å². The van der Waals surface area contributed by atoms with Gasteiger partial charge in [-0.15, -0.1) is 0 Å². The van der Waals surface area contributed by atoms with Crippen LogP contribution in [0.1, 0.15) is 47.1 Å². The summed E-state index contributed by atoms with van der Waals surface area (Å²) in [6.07, 6.45) is 1.65. The smallest absolute Gasteiger partial charge is 0.251 e. The molecule has 1 aromatic heterocycles. The maximum absolute atomic E-state index is 12.4. The molecule has 22 heavy (non-hydrogen) atoms. The van der Waals surface area contributed by atoms with Gasteiger partial charge < -0.3 is 10.1 Å². The number of aromatic nitrogens is 1. The van der Waals surface area contributed by atoms with E-state index in [1.165, 1.54) is 0 Å². The Morgan fingerprint density at radius 2 is 2.05 bits per heavy atom. The van der Waals surface area contributed by atoms with Crippen molar-refractivity contribution in [2.24, 2.45) is 0 Å². The number of ether oxygens (including phenoxy) is 1. The number of benzene rings is 1. The molecule has 1 amide bonds. The minimum absolute atomic E-state index is 0.109. The molecule has 0 radical (unpaired) electrons. The standard InChI is InChI=1S/C18H22N2O2/c1-5-22-17-7-6-12(2)10-16(17)14(4)20-18(21)15-8-9-19-13(3)11-15/h6-11,14H,5H2,1-4H3,(H,20,21). The molecule has 2 aromatic rings. The molecular weight excluding hydrogens is 276 g/mol. The Balaban J connectivity index is 2.20. The van der Waals surface area contributed by atoms with Crippen LogP contribution >= 0.6 is 0 Å². The van der Waals surface area contributed by atoms with Gasteiger partial charge in [-0.2, -0.15) is 0 Å². The first-order valence-electron chi connectivity index (χ1n) is 7.48. The fourth-order valence-electron chi connectivity index (χ4n) is 2.34. The Morgan fingerprint density at radius 3 is 2.73 bits per heavy atom. The molecule has 0 aliphatic heterocycles. The summed E-state index contributed by atoms with van der Waals surface area (Å²) in [5.41, 5.74) is 3.57. The van der Waals surface area contributed by atoms with Crippen molar-refractivity contribution in [3.63, 3.8) is 0 Å². The van der Waals surface area contributed by atoms with Crippen molar-refractivity contribution in [1.82, 2.24) is 10.3 Å². The molecule has 1 heterocycles. The molecule has 0 bridgehead atoms. The second kappa shape index (κ2) is 7.07. The van der Waals surface area contributed by atoms with E-state index in [4.69, 9.17) is 4.74 Å². The molecule has 2 rings (SSSR count). The van der Waals surface area contributed by atoms with Crippen LogP contribution in [-0.4, -0.2) is 17.5 Å². The first-order valence-corrected chi connectivity index (χ1v) is 7.48. The van der Waals surface area contributed by atoms with Gasteiger partial charge in [0.2, 0.25) is 0 Å². The van der Waals surface area contributed by atoms with Crippen LogP contribution in [0.4, 0.5) is 0 Å². The highest BCUT2D eigenvalue weighted by molar-refractivity contribution is 5.94. The molecule has 116 valence electrons. The summed E-state index contributed by atoms with van der Waals surface area (Å²) < 4.78 is 5.66. The van der Waals surface area contributed by atoms with E-state index >= 15 is 0 Å². The van der Waals surface area contributed by atoms with E-state index in [0.29, 0.717) is 12.2 Å². The quantitative estimate of drug-likeness (QED) is 0.917. The van der Waals surface area contributed by atoms with Crippen molar-refractivity contribution < 1.29 is 9.53 Å². The first-order chi connectivity index (χ1) is 10.5. The number of pyridine rings is 1. The third-order valence-corrected chi connectivity index (χ3v) is 3.44. The molecule has 1 atom stereocenters. The van der Waals surface area contributed by atoms with Crippen LogP contribution in [0.5, 0.6) is 5.75 Å². The molecule has 4 heteroatoms. The van der Waals surface area contributed by atoms with E-state index in [1.54, 1.807) is 18.3 Å². The van der Waals surface area contributed by atoms with Gasteiger partial charge >= 0.3 is 0 Å². The van der Waals surface area contributed by atoms with Crippen molar-refractivity contribution in [2.75, 3.05) is 6.61 Å². The summed E-state index contributed by atoms with van der Waals surface area (Å²) in [5.74, 6) is 0.703. The van der Waals surface area contributed by atoms with Crippen LogP contribution < -0.4 is 10.1 Å². The lowest BCUT2D eigenvalue weighted by Gasteiger charge is -2.19. The number of nitrogens with zero attached hydrogens (tertiary/aromatic N) is 1. The first kappa shape index (κ1) is 16.0.